The van der Waals surface area contributed by atoms with Gasteiger partial charge in [0.05, 0.1) is 17.2 Å². The van der Waals surface area contributed by atoms with Gasteiger partial charge in [0.1, 0.15) is 5.75 Å². The molecule has 2 aromatic carbocycles. The molecule has 0 saturated carbocycles. The highest BCUT2D eigenvalue weighted by atomic mass is 35.5. The first kappa shape index (κ1) is 19.7. The largest absolute Gasteiger partial charge is 0.497 e. The van der Waals surface area contributed by atoms with Gasteiger partial charge in [-0.2, -0.15) is 4.98 Å². The Balaban J connectivity index is 1.40. The van der Waals surface area contributed by atoms with Gasteiger partial charge in [-0.3, -0.25) is 4.79 Å². The van der Waals surface area contributed by atoms with Gasteiger partial charge in [-0.05, 0) is 55.3 Å². The molecule has 29 heavy (non-hydrogen) atoms. The molecule has 0 unspecified atom stereocenters. The number of methoxy groups -OCH3 is 1. The molecule has 0 aliphatic carbocycles. The standard InChI is InChI=1S/C21H19Cl2N3O3/c1-28-16-5-2-13(3-6-16)19-24-20(29-25-19)14-8-10-26(11-9-14)21(27)15-4-7-17(22)18(23)12-15/h2-7,12,14H,8-11H2,1H3. The number of ether oxygens (including phenoxy) is 1. The number of piperidine rings is 1. The lowest BCUT2D eigenvalue weighted by Crippen LogP contribution is -2.38. The van der Waals surface area contributed by atoms with Crippen LogP contribution in [0.5, 0.6) is 5.75 Å². The molecule has 0 N–H and O–H groups in total. The van der Waals surface area contributed by atoms with Crippen LogP contribution in [0.2, 0.25) is 10.0 Å². The maximum absolute atomic E-state index is 12.7. The highest BCUT2D eigenvalue weighted by Crippen LogP contribution is 2.30. The average molecular weight is 432 g/mol. The third-order valence-corrected chi connectivity index (χ3v) is 5.83. The van der Waals surface area contributed by atoms with Gasteiger partial charge in [0, 0.05) is 30.1 Å². The smallest absolute Gasteiger partial charge is 0.253 e. The van der Waals surface area contributed by atoms with Crippen molar-refractivity contribution in [2.24, 2.45) is 0 Å². The van der Waals surface area contributed by atoms with E-state index in [9.17, 15) is 4.79 Å². The lowest BCUT2D eigenvalue weighted by Gasteiger charge is -2.30. The molecule has 0 spiro atoms. The fraction of sp³-hybridized carbons (Fsp3) is 0.286. The van der Waals surface area contributed by atoms with E-state index < -0.39 is 0 Å². The van der Waals surface area contributed by atoms with E-state index >= 15 is 0 Å². The highest BCUT2D eigenvalue weighted by molar-refractivity contribution is 6.42. The first-order valence-electron chi connectivity index (χ1n) is 9.27. The Kier molecular flexibility index (Phi) is 5.74. The quantitative estimate of drug-likeness (QED) is 0.576. The van der Waals surface area contributed by atoms with Gasteiger partial charge in [0.25, 0.3) is 5.91 Å². The molecular formula is C21H19Cl2N3O3. The maximum atomic E-state index is 12.7. The molecule has 1 aliphatic rings. The van der Waals surface area contributed by atoms with Crippen molar-refractivity contribution in [2.45, 2.75) is 18.8 Å². The number of carbonyl (C=O) groups is 1. The number of likely N-dealkylation sites (tertiary alicyclic amines) is 1. The van der Waals surface area contributed by atoms with Gasteiger partial charge >= 0.3 is 0 Å². The molecule has 8 heteroatoms. The molecule has 0 radical (unpaired) electrons. The van der Waals surface area contributed by atoms with E-state index in [1.165, 1.54) is 0 Å². The van der Waals surface area contributed by atoms with Crippen LogP contribution >= 0.6 is 23.2 Å². The minimum atomic E-state index is -0.0496. The first-order chi connectivity index (χ1) is 14.0. The van der Waals surface area contributed by atoms with Crippen LogP contribution in [-0.4, -0.2) is 41.1 Å². The number of amides is 1. The number of aromatic nitrogens is 2. The van der Waals surface area contributed by atoms with Crippen molar-refractivity contribution in [3.05, 3.63) is 64.0 Å². The topological polar surface area (TPSA) is 68.5 Å². The van der Waals surface area contributed by atoms with Crippen LogP contribution in [0.25, 0.3) is 11.4 Å². The third kappa shape index (κ3) is 4.23. The Morgan fingerprint density at radius 3 is 2.48 bits per heavy atom. The second-order valence-corrected chi connectivity index (χ2v) is 7.69. The zero-order chi connectivity index (χ0) is 20.4. The number of carbonyl (C=O) groups excluding carboxylic acids is 1. The van der Waals surface area contributed by atoms with Crippen LogP contribution in [-0.2, 0) is 0 Å². The molecule has 1 aliphatic heterocycles. The summed E-state index contributed by atoms with van der Waals surface area (Å²) < 4.78 is 10.7. The summed E-state index contributed by atoms with van der Waals surface area (Å²) in [7, 11) is 1.63. The summed E-state index contributed by atoms with van der Waals surface area (Å²) >= 11 is 12.0. The third-order valence-electron chi connectivity index (χ3n) is 5.09. The van der Waals surface area contributed by atoms with Crippen molar-refractivity contribution in [2.75, 3.05) is 20.2 Å². The number of hydrogen-bond acceptors (Lipinski definition) is 5. The highest BCUT2D eigenvalue weighted by Gasteiger charge is 2.28. The van der Waals surface area contributed by atoms with Crippen LogP contribution in [0.1, 0.15) is 35.0 Å². The van der Waals surface area contributed by atoms with Crippen molar-refractivity contribution < 1.29 is 14.1 Å². The predicted octanol–water partition coefficient (Wildman–Crippen LogP) is 5.07. The molecule has 1 fully saturated rings. The molecule has 0 bridgehead atoms. The lowest BCUT2D eigenvalue weighted by molar-refractivity contribution is 0.0704. The molecule has 1 amide bonds. The number of benzene rings is 2. The molecule has 0 atom stereocenters. The zero-order valence-electron chi connectivity index (χ0n) is 15.8. The summed E-state index contributed by atoms with van der Waals surface area (Å²) in [5.74, 6) is 2.02. The second kappa shape index (κ2) is 8.43. The van der Waals surface area contributed by atoms with Crippen LogP contribution in [0.15, 0.2) is 47.0 Å². The number of rotatable bonds is 4. The summed E-state index contributed by atoms with van der Waals surface area (Å²) in [6.07, 6.45) is 1.52. The maximum Gasteiger partial charge on any atom is 0.253 e. The molecule has 1 saturated heterocycles. The fourth-order valence-electron chi connectivity index (χ4n) is 3.40. The summed E-state index contributed by atoms with van der Waals surface area (Å²) in [5.41, 5.74) is 1.41. The Bertz CT molecular complexity index is 1010. The van der Waals surface area contributed by atoms with Crippen molar-refractivity contribution in [3.8, 4) is 17.1 Å². The van der Waals surface area contributed by atoms with Crippen molar-refractivity contribution in [3.63, 3.8) is 0 Å². The van der Waals surface area contributed by atoms with Gasteiger partial charge in [-0.25, -0.2) is 0 Å². The second-order valence-electron chi connectivity index (χ2n) is 6.88. The minimum Gasteiger partial charge on any atom is -0.497 e. The van der Waals surface area contributed by atoms with E-state index in [0.717, 1.165) is 24.2 Å². The Labute approximate surface area is 178 Å². The minimum absolute atomic E-state index is 0.0496. The average Bonchev–Trinajstić information content (AvgIpc) is 3.25. The summed E-state index contributed by atoms with van der Waals surface area (Å²) in [6, 6.07) is 12.5. The zero-order valence-corrected chi connectivity index (χ0v) is 17.3. The molecule has 6 nitrogen and oxygen atoms in total. The lowest BCUT2D eigenvalue weighted by atomic mass is 9.96. The molecular weight excluding hydrogens is 413 g/mol. The van der Waals surface area contributed by atoms with Crippen molar-refractivity contribution in [1.29, 1.82) is 0 Å². The number of nitrogens with zero attached hydrogens (tertiary/aromatic N) is 3. The van der Waals surface area contributed by atoms with Gasteiger partial charge in [-0.1, -0.05) is 28.4 Å². The summed E-state index contributed by atoms with van der Waals surface area (Å²) in [5, 5.41) is 4.92. The fourth-order valence-corrected chi connectivity index (χ4v) is 3.70. The van der Waals surface area contributed by atoms with Crippen LogP contribution in [0, 0.1) is 0 Å². The van der Waals surface area contributed by atoms with Crippen LogP contribution in [0.3, 0.4) is 0 Å². The SMILES string of the molecule is COc1ccc(-c2noc(C3CCN(C(=O)c4ccc(Cl)c(Cl)c4)CC3)n2)cc1. The van der Waals surface area contributed by atoms with E-state index in [2.05, 4.69) is 10.1 Å². The van der Waals surface area contributed by atoms with Gasteiger partial charge in [-0.15, -0.1) is 0 Å². The van der Waals surface area contributed by atoms with E-state index in [1.54, 1.807) is 25.3 Å². The van der Waals surface area contributed by atoms with Crippen molar-refractivity contribution in [1.82, 2.24) is 15.0 Å². The number of halogens is 2. The summed E-state index contributed by atoms with van der Waals surface area (Å²) in [4.78, 5) is 19.1. The molecule has 1 aromatic heterocycles. The van der Waals surface area contributed by atoms with E-state index in [4.69, 9.17) is 32.5 Å². The van der Waals surface area contributed by atoms with Crippen LogP contribution in [0.4, 0.5) is 0 Å². The molecule has 3 aromatic rings. The normalized spacial score (nSPS) is 14.8. The van der Waals surface area contributed by atoms with Crippen LogP contribution < -0.4 is 4.74 Å². The van der Waals surface area contributed by atoms with E-state index in [-0.39, 0.29) is 11.8 Å². The Hall–Kier alpha value is -2.57. The molecule has 2 heterocycles. The summed E-state index contributed by atoms with van der Waals surface area (Å²) in [6.45, 7) is 1.23. The number of hydrogen-bond donors (Lipinski definition) is 0. The van der Waals surface area contributed by atoms with Gasteiger partial charge in [0.2, 0.25) is 11.7 Å². The monoisotopic (exact) mass is 431 g/mol. The van der Waals surface area contributed by atoms with Gasteiger partial charge < -0.3 is 14.2 Å². The molecule has 150 valence electrons. The first-order valence-corrected chi connectivity index (χ1v) is 10.0. The van der Waals surface area contributed by atoms with Crippen molar-refractivity contribution >= 4 is 29.1 Å². The van der Waals surface area contributed by atoms with Gasteiger partial charge in [0.15, 0.2) is 0 Å². The van der Waals surface area contributed by atoms with E-state index in [1.807, 2.05) is 29.2 Å². The predicted molar refractivity (Wildman–Crippen MR) is 111 cm³/mol. The van der Waals surface area contributed by atoms with E-state index in [0.29, 0.717) is 40.4 Å². The Morgan fingerprint density at radius 2 is 1.83 bits per heavy atom. The Morgan fingerprint density at radius 1 is 1.10 bits per heavy atom. The molecule has 4 rings (SSSR count).